The first-order valence-corrected chi connectivity index (χ1v) is 10.00. The van der Waals surface area contributed by atoms with Crippen molar-refractivity contribution in [2.75, 3.05) is 53.5 Å². The van der Waals surface area contributed by atoms with Crippen LogP contribution < -0.4 is 15.4 Å². The van der Waals surface area contributed by atoms with Crippen molar-refractivity contribution in [2.45, 2.75) is 20.0 Å². The first-order chi connectivity index (χ1) is 13.1. The first kappa shape index (κ1) is 19.9. The Balaban J connectivity index is 1.66. The van der Waals surface area contributed by atoms with Crippen LogP contribution in [0.4, 0.5) is 0 Å². The van der Waals surface area contributed by atoms with Crippen LogP contribution in [0.1, 0.15) is 27.5 Å². The van der Waals surface area contributed by atoms with Gasteiger partial charge in [-0.1, -0.05) is 0 Å². The summed E-state index contributed by atoms with van der Waals surface area (Å²) in [7, 11) is 3.17. The smallest absolute Gasteiger partial charge is 0.261 e. The lowest BCUT2D eigenvalue weighted by Gasteiger charge is -2.27. The van der Waals surface area contributed by atoms with Crippen molar-refractivity contribution in [2.24, 2.45) is 0 Å². The third-order valence-corrected chi connectivity index (χ3v) is 5.81. The van der Waals surface area contributed by atoms with Gasteiger partial charge in [0.2, 0.25) is 5.88 Å². The van der Waals surface area contributed by atoms with Crippen LogP contribution in [0.5, 0.6) is 5.88 Å². The van der Waals surface area contributed by atoms with Crippen molar-refractivity contribution < 1.29 is 14.3 Å². The van der Waals surface area contributed by atoms with E-state index in [-0.39, 0.29) is 5.91 Å². The second-order valence-corrected chi connectivity index (χ2v) is 7.52. The average molecular weight is 394 g/mol. The summed E-state index contributed by atoms with van der Waals surface area (Å²) in [5.41, 5.74) is 0.857. The number of nitrogens with zero attached hydrogens (tertiary/aromatic N) is 3. The van der Waals surface area contributed by atoms with Crippen LogP contribution in [0.3, 0.4) is 0 Å². The molecular formula is C18H27N5O3S. The van der Waals surface area contributed by atoms with E-state index in [1.807, 2.05) is 6.92 Å². The summed E-state index contributed by atoms with van der Waals surface area (Å²) in [6.45, 7) is 8.12. The Morgan fingerprint density at radius 2 is 2.07 bits per heavy atom. The number of nitrogens with one attached hydrogen (secondary N) is 2. The Bertz CT molecular complexity index is 789. The number of carbonyl (C=O) groups is 1. The molecule has 0 radical (unpaired) electrons. The Kier molecular flexibility index (Phi) is 6.95. The zero-order valence-corrected chi connectivity index (χ0v) is 16.9. The number of rotatable bonds is 8. The van der Waals surface area contributed by atoms with Crippen molar-refractivity contribution in [1.82, 2.24) is 25.5 Å². The summed E-state index contributed by atoms with van der Waals surface area (Å²) >= 11 is 1.37. The van der Waals surface area contributed by atoms with Crippen LogP contribution >= 0.6 is 11.3 Å². The molecule has 3 heterocycles. The molecule has 0 spiro atoms. The minimum absolute atomic E-state index is 0.0637. The van der Waals surface area contributed by atoms with Gasteiger partial charge in [-0.15, -0.1) is 11.3 Å². The molecule has 1 saturated heterocycles. The highest BCUT2D eigenvalue weighted by Gasteiger charge is 2.21. The van der Waals surface area contributed by atoms with Crippen LogP contribution in [-0.4, -0.2) is 74.3 Å². The molecule has 0 atom stereocenters. The predicted molar refractivity (Wildman–Crippen MR) is 106 cm³/mol. The summed E-state index contributed by atoms with van der Waals surface area (Å²) in [6.07, 6.45) is 0.941. The molecule has 8 nitrogen and oxygen atoms in total. The molecule has 27 heavy (non-hydrogen) atoms. The summed E-state index contributed by atoms with van der Waals surface area (Å²) in [5.74, 6) is 0.968. The monoisotopic (exact) mass is 393 g/mol. The molecule has 9 heteroatoms. The molecule has 2 N–H and O–H groups in total. The summed E-state index contributed by atoms with van der Waals surface area (Å²) in [6, 6.07) is 0. The minimum Gasteiger partial charge on any atom is -0.480 e. The number of aromatic nitrogens is 2. The van der Waals surface area contributed by atoms with E-state index in [1.165, 1.54) is 11.3 Å². The zero-order valence-electron chi connectivity index (χ0n) is 16.1. The predicted octanol–water partition coefficient (Wildman–Crippen LogP) is 1.18. The van der Waals surface area contributed by atoms with E-state index in [2.05, 4.69) is 25.5 Å². The highest BCUT2D eigenvalue weighted by molar-refractivity contribution is 7.20. The van der Waals surface area contributed by atoms with E-state index in [4.69, 9.17) is 9.47 Å². The minimum atomic E-state index is -0.0637. The van der Waals surface area contributed by atoms with Crippen LogP contribution in [0.25, 0.3) is 10.2 Å². The van der Waals surface area contributed by atoms with Gasteiger partial charge in [0.15, 0.2) is 5.82 Å². The molecule has 1 fully saturated rings. The Morgan fingerprint density at radius 1 is 1.30 bits per heavy atom. The molecule has 1 aliphatic heterocycles. The Hall–Kier alpha value is -1.81. The number of piperazine rings is 1. The standard InChI is InChI=1S/C18H27N5O3S/c1-12-14-17(26-3)21-13(11-25-2)22-18(14)27-15(12)16(24)20-5-4-8-23-9-6-19-7-10-23/h19H,4-11H2,1-3H3,(H,20,24). The van der Waals surface area contributed by atoms with E-state index in [1.54, 1.807) is 14.2 Å². The van der Waals surface area contributed by atoms with Gasteiger partial charge in [0.25, 0.3) is 5.91 Å². The van der Waals surface area contributed by atoms with Crippen molar-refractivity contribution in [3.8, 4) is 5.88 Å². The number of aryl methyl sites for hydroxylation is 1. The van der Waals surface area contributed by atoms with Gasteiger partial charge in [0.05, 0.1) is 17.4 Å². The summed E-state index contributed by atoms with van der Waals surface area (Å²) in [5, 5.41) is 7.18. The molecule has 2 aromatic rings. The van der Waals surface area contributed by atoms with Crippen molar-refractivity contribution in [1.29, 1.82) is 0 Å². The van der Waals surface area contributed by atoms with Gasteiger partial charge in [-0.3, -0.25) is 4.79 Å². The fourth-order valence-corrected chi connectivity index (χ4v) is 4.33. The third-order valence-electron chi connectivity index (χ3n) is 4.62. The average Bonchev–Trinajstić information content (AvgIpc) is 3.02. The lowest BCUT2D eigenvalue weighted by molar-refractivity contribution is 0.0955. The van der Waals surface area contributed by atoms with Gasteiger partial charge in [-0.2, -0.15) is 4.98 Å². The molecule has 1 aliphatic rings. The second-order valence-electron chi connectivity index (χ2n) is 6.52. The number of ether oxygens (including phenoxy) is 2. The molecule has 3 rings (SSSR count). The normalized spacial score (nSPS) is 15.2. The molecule has 0 unspecified atom stereocenters. The fraction of sp³-hybridized carbons (Fsp3) is 0.611. The number of thiophene rings is 1. The lowest BCUT2D eigenvalue weighted by atomic mass is 10.2. The van der Waals surface area contributed by atoms with Crippen LogP contribution in [-0.2, 0) is 11.3 Å². The van der Waals surface area contributed by atoms with Gasteiger partial charge in [0, 0.05) is 39.8 Å². The zero-order chi connectivity index (χ0) is 19.2. The second kappa shape index (κ2) is 9.41. The van der Waals surface area contributed by atoms with Crippen molar-refractivity contribution in [3.05, 3.63) is 16.3 Å². The number of methoxy groups -OCH3 is 2. The number of amides is 1. The SMILES string of the molecule is COCc1nc(OC)c2c(C)c(C(=O)NCCCN3CCNCC3)sc2n1. The van der Waals surface area contributed by atoms with Gasteiger partial charge in [0.1, 0.15) is 11.4 Å². The van der Waals surface area contributed by atoms with Crippen molar-refractivity contribution in [3.63, 3.8) is 0 Å². The van der Waals surface area contributed by atoms with Gasteiger partial charge in [-0.05, 0) is 25.5 Å². The largest absolute Gasteiger partial charge is 0.480 e. The quantitative estimate of drug-likeness (QED) is 0.651. The van der Waals surface area contributed by atoms with Gasteiger partial charge >= 0.3 is 0 Å². The lowest BCUT2D eigenvalue weighted by Crippen LogP contribution is -2.44. The first-order valence-electron chi connectivity index (χ1n) is 9.18. The van der Waals surface area contributed by atoms with E-state index in [9.17, 15) is 4.79 Å². The highest BCUT2D eigenvalue weighted by atomic mass is 32.1. The van der Waals surface area contributed by atoms with E-state index in [0.29, 0.717) is 29.7 Å². The third kappa shape index (κ3) is 4.73. The molecule has 2 aromatic heterocycles. The molecule has 0 aromatic carbocycles. The maximum Gasteiger partial charge on any atom is 0.261 e. The topological polar surface area (TPSA) is 88.6 Å². The molecule has 0 bridgehead atoms. The molecule has 148 valence electrons. The maximum absolute atomic E-state index is 12.7. The van der Waals surface area contributed by atoms with Crippen LogP contribution in [0.15, 0.2) is 0 Å². The van der Waals surface area contributed by atoms with Gasteiger partial charge in [-0.25, -0.2) is 4.98 Å². The maximum atomic E-state index is 12.7. The number of hydrogen-bond acceptors (Lipinski definition) is 8. The van der Waals surface area contributed by atoms with Crippen molar-refractivity contribution >= 4 is 27.5 Å². The molecule has 0 aliphatic carbocycles. The van der Waals surface area contributed by atoms with Gasteiger partial charge < -0.3 is 25.0 Å². The molecule has 0 saturated carbocycles. The molecular weight excluding hydrogens is 366 g/mol. The summed E-state index contributed by atoms with van der Waals surface area (Å²) < 4.78 is 10.5. The Labute approximate surface area is 163 Å². The van der Waals surface area contributed by atoms with Crippen LogP contribution in [0.2, 0.25) is 0 Å². The summed E-state index contributed by atoms with van der Waals surface area (Å²) in [4.78, 5) is 25.4. The molecule has 1 amide bonds. The Morgan fingerprint density at radius 3 is 2.78 bits per heavy atom. The van der Waals surface area contributed by atoms with E-state index in [0.717, 1.165) is 54.9 Å². The number of fused-ring (bicyclic) bond motifs is 1. The van der Waals surface area contributed by atoms with E-state index < -0.39 is 0 Å². The number of carbonyl (C=O) groups excluding carboxylic acids is 1. The highest BCUT2D eigenvalue weighted by Crippen LogP contribution is 2.34. The fourth-order valence-electron chi connectivity index (χ4n) is 3.22. The van der Waals surface area contributed by atoms with E-state index >= 15 is 0 Å². The number of hydrogen-bond donors (Lipinski definition) is 2. The van der Waals surface area contributed by atoms with Crippen LogP contribution in [0, 0.1) is 6.92 Å².